The number of rotatable bonds is 9. The van der Waals surface area contributed by atoms with Crippen LogP contribution in [0.15, 0.2) is 91.0 Å². The first kappa shape index (κ1) is 24.6. The number of ether oxygens (including phenoxy) is 1. The summed E-state index contributed by atoms with van der Waals surface area (Å²) < 4.78 is 44.0. The average molecular weight is 480 g/mol. The van der Waals surface area contributed by atoms with Gasteiger partial charge in [0, 0.05) is 5.69 Å². The fourth-order valence-corrected chi connectivity index (χ4v) is 4.20. The second-order valence-electron chi connectivity index (χ2n) is 8.66. The predicted octanol–water partition coefficient (Wildman–Crippen LogP) is 7.40. The minimum absolute atomic E-state index is 0.244. The van der Waals surface area contributed by atoms with Crippen molar-refractivity contribution in [2.24, 2.45) is 0 Å². The van der Waals surface area contributed by atoms with Crippen molar-refractivity contribution in [2.75, 3.05) is 12.4 Å². The summed E-state index contributed by atoms with van der Waals surface area (Å²) in [5.74, 6) is 0.813. The van der Waals surface area contributed by atoms with Gasteiger partial charge in [-0.1, -0.05) is 54.6 Å². The van der Waals surface area contributed by atoms with Gasteiger partial charge in [-0.2, -0.15) is 13.2 Å². The third kappa shape index (κ3) is 6.55. The van der Waals surface area contributed by atoms with E-state index in [1.807, 2.05) is 48.5 Å². The summed E-state index contributed by atoms with van der Waals surface area (Å²) >= 11 is 0. The van der Waals surface area contributed by atoms with Gasteiger partial charge in [0.05, 0.1) is 24.8 Å². The average Bonchev–Trinajstić information content (AvgIpc) is 2.87. The Bertz CT molecular complexity index is 1240. The summed E-state index contributed by atoms with van der Waals surface area (Å²) in [5.41, 5.74) is 1.98. The van der Waals surface area contributed by atoms with Crippen molar-refractivity contribution in [1.82, 2.24) is 0 Å². The summed E-state index contributed by atoms with van der Waals surface area (Å²) in [6, 6.07) is 26.5. The number of nitrogens with one attached hydrogen (secondary N) is 1. The molecule has 182 valence electrons. The molecule has 0 aliphatic heterocycles. The summed E-state index contributed by atoms with van der Waals surface area (Å²) in [7, 11) is 1.64. The van der Waals surface area contributed by atoms with Crippen LogP contribution >= 0.6 is 0 Å². The summed E-state index contributed by atoms with van der Waals surface area (Å²) in [6.45, 7) is 0. The molecular weight excluding hydrogens is 451 g/mol. The molecule has 0 spiro atoms. The van der Waals surface area contributed by atoms with E-state index < -0.39 is 17.8 Å². The molecule has 0 bridgehead atoms. The minimum Gasteiger partial charge on any atom is -0.497 e. The number of alkyl halides is 3. The van der Waals surface area contributed by atoms with Gasteiger partial charge in [0.25, 0.3) is 0 Å². The zero-order chi connectivity index (χ0) is 24.8. The number of aryl methyl sites for hydroxylation is 1. The lowest BCUT2D eigenvalue weighted by Crippen LogP contribution is -2.19. The maximum Gasteiger partial charge on any atom is 0.416 e. The quantitative estimate of drug-likeness (QED) is 0.263. The molecule has 35 heavy (non-hydrogen) atoms. The zero-order valence-electron chi connectivity index (χ0n) is 19.4. The molecule has 0 aliphatic carbocycles. The number of hydrogen-bond donors (Lipinski definition) is 2. The topological polar surface area (TPSA) is 41.5 Å². The molecule has 0 aliphatic rings. The van der Waals surface area contributed by atoms with Crippen LogP contribution in [-0.4, -0.2) is 18.3 Å². The third-order valence-electron chi connectivity index (χ3n) is 6.14. The van der Waals surface area contributed by atoms with Crippen molar-refractivity contribution in [1.29, 1.82) is 0 Å². The smallest absolute Gasteiger partial charge is 0.416 e. The maximum atomic E-state index is 12.9. The Labute approximate surface area is 203 Å². The number of aliphatic hydroxyl groups excluding tert-OH is 1. The fraction of sp³-hybridized carbons (Fsp3) is 0.241. The molecule has 2 N–H and O–H groups in total. The molecule has 0 fully saturated rings. The molecule has 4 aromatic carbocycles. The molecule has 0 heterocycles. The monoisotopic (exact) mass is 479 g/mol. The van der Waals surface area contributed by atoms with E-state index in [9.17, 15) is 18.3 Å². The van der Waals surface area contributed by atoms with Gasteiger partial charge in [-0.3, -0.25) is 0 Å². The molecule has 4 aromatic rings. The number of benzene rings is 4. The Kier molecular flexibility index (Phi) is 7.61. The summed E-state index contributed by atoms with van der Waals surface area (Å²) in [4.78, 5) is 0. The highest BCUT2D eigenvalue weighted by atomic mass is 19.4. The van der Waals surface area contributed by atoms with Crippen LogP contribution in [0.2, 0.25) is 0 Å². The van der Waals surface area contributed by atoms with Crippen LogP contribution in [-0.2, 0) is 12.6 Å². The first-order valence-electron chi connectivity index (χ1n) is 11.6. The molecule has 4 rings (SSSR count). The molecule has 2 atom stereocenters. The third-order valence-corrected chi connectivity index (χ3v) is 6.14. The molecule has 0 amide bonds. The molecule has 2 unspecified atom stereocenters. The number of halogens is 3. The van der Waals surface area contributed by atoms with Crippen LogP contribution < -0.4 is 10.1 Å². The Morgan fingerprint density at radius 2 is 1.54 bits per heavy atom. The molecule has 0 saturated carbocycles. The first-order chi connectivity index (χ1) is 16.8. The highest BCUT2D eigenvalue weighted by Gasteiger charge is 2.30. The number of methoxy groups -OCH3 is 1. The lowest BCUT2D eigenvalue weighted by Gasteiger charge is -2.24. The van der Waals surface area contributed by atoms with Gasteiger partial charge < -0.3 is 15.2 Å². The second kappa shape index (κ2) is 10.8. The summed E-state index contributed by atoms with van der Waals surface area (Å²) in [5, 5.41) is 16.4. The van der Waals surface area contributed by atoms with Crippen LogP contribution in [0.5, 0.6) is 5.75 Å². The van der Waals surface area contributed by atoms with Gasteiger partial charge in [0.2, 0.25) is 0 Å². The van der Waals surface area contributed by atoms with Crippen LogP contribution in [0, 0.1) is 0 Å². The molecule has 3 nitrogen and oxygen atoms in total. The van der Waals surface area contributed by atoms with E-state index >= 15 is 0 Å². The van der Waals surface area contributed by atoms with Crippen molar-refractivity contribution >= 4 is 16.5 Å². The Morgan fingerprint density at radius 3 is 2.23 bits per heavy atom. The predicted molar refractivity (Wildman–Crippen MR) is 134 cm³/mol. The van der Waals surface area contributed by atoms with Crippen LogP contribution in [0.4, 0.5) is 18.9 Å². The lowest BCUT2D eigenvalue weighted by molar-refractivity contribution is -0.137. The largest absolute Gasteiger partial charge is 0.497 e. The molecule has 6 heteroatoms. The Hall–Kier alpha value is -3.51. The normalized spacial score (nSPS) is 13.4. The zero-order valence-corrected chi connectivity index (χ0v) is 19.4. The second-order valence-corrected chi connectivity index (χ2v) is 8.66. The van der Waals surface area contributed by atoms with Crippen LogP contribution in [0.1, 0.15) is 35.6 Å². The first-order valence-corrected chi connectivity index (χ1v) is 11.6. The van der Waals surface area contributed by atoms with Gasteiger partial charge in [0.1, 0.15) is 5.75 Å². The van der Waals surface area contributed by atoms with Crippen molar-refractivity contribution in [2.45, 2.75) is 37.6 Å². The van der Waals surface area contributed by atoms with Gasteiger partial charge >= 0.3 is 6.18 Å². The number of anilines is 1. The SMILES string of the molecule is COc1ccc2cc(CCC(O)CC(Nc3ccc(C(F)(F)F)cc3)c3ccccc3)ccc2c1. The number of fused-ring (bicyclic) bond motifs is 1. The molecular formula is C29H28F3NO2. The Balaban J connectivity index is 1.42. The summed E-state index contributed by atoms with van der Waals surface area (Å²) in [6.07, 6.45) is -3.25. The van der Waals surface area contributed by atoms with Crippen molar-refractivity contribution in [3.8, 4) is 5.75 Å². The minimum atomic E-state index is -4.37. The van der Waals surface area contributed by atoms with E-state index in [4.69, 9.17) is 4.74 Å². The molecule has 0 saturated heterocycles. The van der Waals surface area contributed by atoms with Crippen LogP contribution in [0.3, 0.4) is 0 Å². The molecule has 0 aromatic heterocycles. The van der Waals surface area contributed by atoms with E-state index in [0.717, 1.165) is 39.8 Å². The maximum absolute atomic E-state index is 12.9. The van der Waals surface area contributed by atoms with Crippen molar-refractivity contribution < 1.29 is 23.0 Å². The van der Waals surface area contributed by atoms with Gasteiger partial charge in [-0.05, 0) is 77.6 Å². The fourth-order valence-electron chi connectivity index (χ4n) is 4.20. The standard InChI is InChI=1S/C29H28F3NO2/c1-35-27-16-10-22-17-20(7-9-23(22)18-27)8-15-26(34)19-28(21-5-3-2-4-6-21)33-25-13-11-24(12-14-25)29(30,31)32/h2-7,9-14,16-18,26,28,33-34H,8,15,19H2,1H3. The van der Waals surface area contributed by atoms with Gasteiger partial charge in [-0.25, -0.2) is 0 Å². The lowest BCUT2D eigenvalue weighted by atomic mass is 9.96. The van der Waals surface area contributed by atoms with E-state index in [-0.39, 0.29) is 6.04 Å². The van der Waals surface area contributed by atoms with E-state index in [1.165, 1.54) is 12.1 Å². The van der Waals surface area contributed by atoms with Crippen molar-refractivity contribution in [3.05, 3.63) is 108 Å². The Morgan fingerprint density at radius 1 is 0.857 bits per heavy atom. The van der Waals surface area contributed by atoms with Crippen LogP contribution in [0.25, 0.3) is 10.8 Å². The number of aliphatic hydroxyl groups is 1. The van der Waals surface area contributed by atoms with E-state index in [0.29, 0.717) is 24.9 Å². The van der Waals surface area contributed by atoms with Crippen molar-refractivity contribution in [3.63, 3.8) is 0 Å². The van der Waals surface area contributed by atoms with E-state index in [1.54, 1.807) is 7.11 Å². The highest BCUT2D eigenvalue weighted by molar-refractivity contribution is 5.84. The van der Waals surface area contributed by atoms with E-state index in [2.05, 4.69) is 23.5 Å². The molecule has 0 radical (unpaired) electrons. The highest BCUT2D eigenvalue weighted by Crippen LogP contribution is 2.31. The van der Waals surface area contributed by atoms with Gasteiger partial charge in [0.15, 0.2) is 0 Å². The van der Waals surface area contributed by atoms with Gasteiger partial charge in [-0.15, -0.1) is 0 Å². The number of hydrogen-bond acceptors (Lipinski definition) is 3.